The average Bonchev–Trinajstić information content (AvgIpc) is 3.42. The van der Waals surface area contributed by atoms with Crippen molar-refractivity contribution >= 4 is 34.8 Å². The number of benzene rings is 1. The lowest BCUT2D eigenvalue weighted by Gasteiger charge is -2.08. The number of amides is 1. The van der Waals surface area contributed by atoms with Crippen LogP contribution in [0.4, 0.5) is 5.82 Å². The van der Waals surface area contributed by atoms with E-state index < -0.39 is 0 Å². The minimum Gasteiger partial charge on any atom is -0.416 e. The van der Waals surface area contributed by atoms with Crippen LogP contribution in [-0.4, -0.2) is 36.6 Å². The topological polar surface area (TPSA) is 98.7 Å². The molecule has 0 atom stereocenters. The molecule has 1 aromatic carbocycles. The molecule has 8 nitrogen and oxygen atoms in total. The monoisotopic (exact) mass is 426 g/mol. The summed E-state index contributed by atoms with van der Waals surface area (Å²) in [5.41, 5.74) is 2.59. The number of nitrogens with zero attached hydrogens (tertiary/aromatic N) is 5. The summed E-state index contributed by atoms with van der Waals surface area (Å²) < 4.78 is 7.31. The molecule has 29 heavy (non-hydrogen) atoms. The van der Waals surface area contributed by atoms with Crippen molar-refractivity contribution in [2.24, 2.45) is 0 Å². The Hall–Kier alpha value is -2.98. The summed E-state index contributed by atoms with van der Waals surface area (Å²) in [4.78, 5) is 16.8. The maximum Gasteiger partial charge on any atom is 0.277 e. The zero-order valence-corrected chi connectivity index (χ0v) is 17.5. The lowest BCUT2D eigenvalue weighted by molar-refractivity contribution is -0.113. The van der Waals surface area contributed by atoms with Crippen molar-refractivity contribution < 1.29 is 9.21 Å². The van der Waals surface area contributed by atoms with E-state index in [2.05, 4.69) is 25.6 Å². The van der Waals surface area contributed by atoms with Crippen LogP contribution in [0.15, 0.2) is 51.4 Å². The number of para-hydroxylation sites is 1. The van der Waals surface area contributed by atoms with Gasteiger partial charge in [0.1, 0.15) is 5.82 Å². The summed E-state index contributed by atoms with van der Waals surface area (Å²) >= 11 is 2.77. The highest BCUT2D eigenvalue weighted by molar-refractivity contribution is 7.99. The largest absolute Gasteiger partial charge is 0.416 e. The quantitative estimate of drug-likeness (QED) is 0.450. The fourth-order valence-corrected chi connectivity index (χ4v) is 3.87. The molecule has 0 aliphatic heterocycles. The molecule has 0 bridgehead atoms. The fourth-order valence-electron chi connectivity index (χ4n) is 2.67. The first-order valence-corrected chi connectivity index (χ1v) is 10.7. The van der Waals surface area contributed by atoms with Crippen LogP contribution >= 0.6 is 23.1 Å². The molecule has 0 saturated carbocycles. The first-order chi connectivity index (χ1) is 14.1. The van der Waals surface area contributed by atoms with Gasteiger partial charge in [-0.05, 0) is 26.0 Å². The van der Waals surface area contributed by atoms with Gasteiger partial charge in [0, 0.05) is 11.4 Å². The first kappa shape index (κ1) is 19.3. The number of rotatable bonds is 7. The Morgan fingerprint density at radius 1 is 1.24 bits per heavy atom. The Balaban J connectivity index is 1.35. The molecule has 0 unspecified atom stereocenters. The molecule has 4 rings (SSSR count). The van der Waals surface area contributed by atoms with Crippen LogP contribution in [-0.2, 0) is 11.2 Å². The third-order valence-corrected chi connectivity index (χ3v) is 5.51. The van der Waals surface area contributed by atoms with Gasteiger partial charge in [0.2, 0.25) is 11.8 Å². The normalized spacial score (nSPS) is 11.0. The van der Waals surface area contributed by atoms with Crippen LogP contribution in [0.5, 0.6) is 0 Å². The standard InChI is InChI=1S/C19H18N6O2S2/c1-12-8-16(25(24-12)15-6-4-3-5-7-15)21-17(26)11-29-19-23-22-18(27-19)9-14-10-28-13(2)20-14/h3-8,10H,9,11H2,1-2H3,(H,21,26). The number of thioether (sulfide) groups is 1. The second kappa shape index (κ2) is 8.58. The highest BCUT2D eigenvalue weighted by Gasteiger charge is 2.14. The van der Waals surface area contributed by atoms with Crippen LogP contribution in [0.25, 0.3) is 5.69 Å². The van der Waals surface area contributed by atoms with Gasteiger partial charge in [0.25, 0.3) is 5.22 Å². The minimum atomic E-state index is -0.179. The van der Waals surface area contributed by atoms with Gasteiger partial charge in [-0.2, -0.15) is 5.10 Å². The van der Waals surface area contributed by atoms with E-state index in [1.165, 1.54) is 11.8 Å². The molecule has 0 spiro atoms. The van der Waals surface area contributed by atoms with E-state index in [1.54, 1.807) is 16.0 Å². The van der Waals surface area contributed by atoms with Gasteiger partial charge in [-0.15, -0.1) is 21.5 Å². The lowest BCUT2D eigenvalue weighted by atomic mass is 10.3. The summed E-state index contributed by atoms with van der Waals surface area (Å²) in [6.45, 7) is 3.83. The van der Waals surface area contributed by atoms with Crippen molar-refractivity contribution in [1.29, 1.82) is 0 Å². The van der Waals surface area contributed by atoms with E-state index in [0.717, 1.165) is 22.1 Å². The van der Waals surface area contributed by atoms with Gasteiger partial charge in [-0.1, -0.05) is 30.0 Å². The number of nitrogens with one attached hydrogen (secondary N) is 1. The molecule has 1 N–H and O–H groups in total. The summed E-state index contributed by atoms with van der Waals surface area (Å²) in [6.07, 6.45) is 0.486. The van der Waals surface area contributed by atoms with E-state index in [4.69, 9.17) is 4.42 Å². The number of carbonyl (C=O) groups excluding carboxylic acids is 1. The highest BCUT2D eigenvalue weighted by Crippen LogP contribution is 2.20. The van der Waals surface area contributed by atoms with Crippen molar-refractivity contribution in [3.63, 3.8) is 0 Å². The number of anilines is 1. The third-order valence-electron chi connectivity index (χ3n) is 3.87. The summed E-state index contributed by atoms with van der Waals surface area (Å²) in [7, 11) is 0. The van der Waals surface area contributed by atoms with E-state index in [9.17, 15) is 4.79 Å². The van der Waals surface area contributed by atoms with Gasteiger partial charge in [-0.3, -0.25) is 4.79 Å². The van der Waals surface area contributed by atoms with Gasteiger partial charge < -0.3 is 9.73 Å². The third kappa shape index (κ3) is 4.90. The number of hydrogen-bond acceptors (Lipinski definition) is 8. The predicted molar refractivity (Wildman–Crippen MR) is 112 cm³/mol. The average molecular weight is 427 g/mol. The second-order valence-electron chi connectivity index (χ2n) is 6.25. The fraction of sp³-hybridized carbons (Fsp3) is 0.211. The molecule has 148 valence electrons. The van der Waals surface area contributed by atoms with Gasteiger partial charge >= 0.3 is 0 Å². The number of carbonyl (C=O) groups is 1. The van der Waals surface area contributed by atoms with Crippen molar-refractivity contribution in [2.45, 2.75) is 25.5 Å². The molecule has 0 radical (unpaired) electrons. The van der Waals surface area contributed by atoms with Gasteiger partial charge in [0.05, 0.1) is 34.3 Å². The van der Waals surface area contributed by atoms with E-state index in [0.29, 0.717) is 23.4 Å². The molecular weight excluding hydrogens is 408 g/mol. The Kier molecular flexibility index (Phi) is 5.72. The number of aryl methyl sites for hydroxylation is 2. The van der Waals surface area contributed by atoms with Crippen LogP contribution in [0.3, 0.4) is 0 Å². The van der Waals surface area contributed by atoms with E-state index in [1.807, 2.05) is 55.6 Å². The van der Waals surface area contributed by atoms with Gasteiger partial charge in [0.15, 0.2) is 0 Å². The predicted octanol–water partition coefficient (Wildman–Crippen LogP) is 3.65. The second-order valence-corrected chi connectivity index (χ2v) is 8.24. The zero-order valence-electron chi connectivity index (χ0n) is 15.8. The number of aromatic nitrogens is 5. The maximum atomic E-state index is 12.4. The smallest absolute Gasteiger partial charge is 0.277 e. The summed E-state index contributed by atoms with van der Waals surface area (Å²) in [6, 6.07) is 11.5. The Labute approximate surface area is 175 Å². The molecule has 10 heteroatoms. The first-order valence-electron chi connectivity index (χ1n) is 8.85. The van der Waals surface area contributed by atoms with Gasteiger partial charge in [-0.25, -0.2) is 9.67 Å². The Morgan fingerprint density at radius 2 is 2.07 bits per heavy atom. The van der Waals surface area contributed by atoms with Crippen molar-refractivity contribution in [2.75, 3.05) is 11.1 Å². The van der Waals surface area contributed by atoms with Crippen molar-refractivity contribution in [3.8, 4) is 5.69 Å². The Bertz CT molecular complexity index is 1120. The molecule has 3 heterocycles. The zero-order chi connectivity index (χ0) is 20.2. The van der Waals surface area contributed by atoms with Crippen molar-refractivity contribution in [3.05, 3.63) is 64.1 Å². The summed E-state index contributed by atoms with van der Waals surface area (Å²) in [5.74, 6) is 1.07. The molecule has 0 aliphatic rings. The minimum absolute atomic E-state index is 0.149. The summed E-state index contributed by atoms with van der Waals surface area (Å²) in [5, 5.41) is 18.7. The molecule has 0 aliphatic carbocycles. The lowest BCUT2D eigenvalue weighted by Crippen LogP contribution is -2.16. The molecular formula is C19H18N6O2S2. The van der Waals surface area contributed by atoms with Crippen LogP contribution in [0.1, 0.15) is 22.3 Å². The Morgan fingerprint density at radius 3 is 2.83 bits per heavy atom. The number of hydrogen-bond donors (Lipinski definition) is 1. The highest BCUT2D eigenvalue weighted by atomic mass is 32.2. The van der Waals surface area contributed by atoms with Crippen LogP contribution in [0.2, 0.25) is 0 Å². The van der Waals surface area contributed by atoms with Crippen LogP contribution < -0.4 is 5.32 Å². The number of thiazole rings is 1. The van der Waals surface area contributed by atoms with Crippen molar-refractivity contribution in [1.82, 2.24) is 25.0 Å². The maximum absolute atomic E-state index is 12.4. The molecule has 0 saturated heterocycles. The van der Waals surface area contributed by atoms with Crippen LogP contribution in [0, 0.1) is 13.8 Å². The van der Waals surface area contributed by atoms with E-state index >= 15 is 0 Å². The molecule has 0 fully saturated rings. The molecule has 1 amide bonds. The molecule has 4 aromatic rings. The molecule has 3 aromatic heterocycles. The SMILES string of the molecule is Cc1cc(NC(=O)CSc2nnc(Cc3csc(C)n3)o2)n(-c2ccccc2)n1. The van der Waals surface area contributed by atoms with E-state index in [-0.39, 0.29) is 11.7 Å².